The van der Waals surface area contributed by atoms with Crippen LogP contribution in [0.1, 0.15) is 16.1 Å². The second-order valence-corrected chi connectivity index (χ2v) is 9.23. The lowest BCUT2D eigenvalue weighted by atomic mass is 10.1. The van der Waals surface area contributed by atoms with E-state index in [0.717, 1.165) is 38.6 Å². The number of nitrogens with zero attached hydrogens (tertiary/aromatic N) is 3. The van der Waals surface area contributed by atoms with Gasteiger partial charge in [-0.3, -0.25) is 4.79 Å². The summed E-state index contributed by atoms with van der Waals surface area (Å²) >= 11 is 0. The number of carbonyl (C=O) groups excluding carboxylic acids is 1. The fraction of sp³-hybridized carbons (Fsp3) is 0.0333. The van der Waals surface area contributed by atoms with E-state index < -0.39 is 5.91 Å². The maximum absolute atomic E-state index is 13.8. The average molecular weight is 517 g/mol. The van der Waals surface area contributed by atoms with E-state index in [0.29, 0.717) is 34.8 Å². The topological polar surface area (TPSA) is 115 Å². The third-order valence-electron chi connectivity index (χ3n) is 6.87. The molecule has 0 unspecified atom stereocenters. The Hall–Kier alpha value is -5.44. The van der Waals surface area contributed by atoms with Crippen molar-refractivity contribution in [1.29, 1.82) is 0 Å². The molecule has 8 nitrogen and oxygen atoms in total. The van der Waals surface area contributed by atoms with E-state index in [1.54, 1.807) is 18.4 Å². The van der Waals surface area contributed by atoms with E-state index >= 15 is 0 Å². The molecule has 0 radical (unpaired) electrons. The van der Waals surface area contributed by atoms with Crippen LogP contribution in [0.2, 0.25) is 0 Å². The van der Waals surface area contributed by atoms with E-state index in [1.165, 1.54) is 18.5 Å². The van der Waals surface area contributed by atoms with Crippen molar-refractivity contribution in [2.24, 2.45) is 5.73 Å². The van der Waals surface area contributed by atoms with Gasteiger partial charge < -0.3 is 25.0 Å². The molecule has 0 saturated carbocycles. The Morgan fingerprint density at radius 1 is 1.03 bits per heavy atom. The molecule has 4 N–H and O–H groups in total. The molecule has 1 amide bonds. The summed E-state index contributed by atoms with van der Waals surface area (Å²) in [6.07, 6.45) is 2.90. The number of aromatic nitrogens is 4. The highest BCUT2D eigenvalue weighted by atomic mass is 19.1. The molecular formula is C30H21FN6O2. The number of nitrogens with two attached hydrogens (primary N) is 1. The summed E-state index contributed by atoms with van der Waals surface area (Å²) in [6.45, 7) is 0.365. The van der Waals surface area contributed by atoms with Crippen LogP contribution >= 0.6 is 0 Å². The molecule has 0 spiro atoms. The van der Waals surface area contributed by atoms with Crippen molar-refractivity contribution in [3.05, 3.63) is 109 Å². The summed E-state index contributed by atoms with van der Waals surface area (Å²) in [6, 6.07) is 24.2. The maximum atomic E-state index is 13.8. The van der Waals surface area contributed by atoms with Gasteiger partial charge in [0.2, 0.25) is 0 Å². The zero-order chi connectivity index (χ0) is 26.5. The summed E-state index contributed by atoms with van der Waals surface area (Å²) < 4.78 is 21.0. The van der Waals surface area contributed by atoms with Gasteiger partial charge in [0.05, 0.1) is 39.9 Å². The number of halogens is 1. The third kappa shape index (κ3) is 3.79. The molecule has 3 aromatic heterocycles. The van der Waals surface area contributed by atoms with Crippen LogP contribution in [0.15, 0.2) is 95.9 Å². The molecule has 0 atom stereocenters. The molecule has 0 aliphatic carbocycles. The predicted octanol–water partition coefficient (Wildman–Crippen LogP) is 6.17. The Morgan fingerprint density at radius 2 is 1.90 bits per heavy atom. The van der Waals surface area contributed by atoms with Crippen LogP contribution < -0.4 is 11.1 Å². The van der Waals surface area contributed by atoms with Crippen molar-refractivity contribution in [2.45, 2.75) is 6.54 Å². The van der Waals surface area contributed by atoms with Crippen LogP contribution in [0.3, 0.4) is 0 Å². The van der Waals surface area contributed by atoms with Gasteiger partial charge in [-0.25, -0.2) is 14.4 Å². The van der Waals surface area contributed by atoms with E-state index in [9.17, 15) is 9.18 Å². The van der Waals surface area contributed by atoms with Crippen molar-refractivity contribution in [1.82, 2.24) is 19.5 Å². The standard InChI is InChI=1S/C30H21FN6O2/c31-17-8-11-23-25(12-17)36-30(35-23)22-5-3-7-27-28(22)21-4-1-2-6-26(21)37(27)19-9-10-20(29(32)38)24(13-19)33-14-18-15-39-16-34-18/h1-13,15-16,33H,14H2,(H2,32,38)(H,35,36). The largest absolute Gasteiger partial charge is 0.451 e. The minimum Gasteiger partial charge on any atom is -0.451 e. The normalized spacial score (nSPS) is 11.5. The second-order valence-electron chi connectivity index (χ2n) is 9.23. The first-order chi connectivity index (χ1) is 19.1. The number of carbonyl (C=O) groups is 1. The highest BCUT2D eigenvalue weighted by molar-refractivity contribution is 6.15. The highest BCUT2D eigenvalue weighted by Crippen LogP contribution is 2.38. The number of fused-ring (bicyclic) bond motifs is 4. The Morgan fingerprint density at radius 3 is 2.74 bits per heavy atom. The van der Waals surface area contributed by atoms with Crippen molar-refractivity contribution in [3.63, 3.8) is 0 Å². The van der Waals surface area contributed by atoms with Gasteiger partial charge in [0.15, 0.2) is 6.39 Å². The lowest BCUT2D eigenvalue weighted by Gasteiger charge is -2.14. The average Bonchev–Trinajstić information content (AvgIpc) is 3.68. The zero-order valence-corrected chi connectivity index (χ0v) is 20.5. The number of H-pyrrole nitrogens is 1. The minimum absolute atomic E-state index is 0.331. The highest BCUT2D eigenvalue weighted by Gasteiger charge is 2.19. The maximum Gasteiger partial charge on any atom is 0.250 e. The van der Waals surface area contributed by atoms with Crippen LogP contribution in [0.4, 0.5) is 10.1 Å². The molecule has 0 saturated heterocycles. The molecule has 39 heavy (non-hydrogen) atoms. The predicted molar refractivity (Wildman–Crippen MR) is 148 cm³/mol. The molecule has 0 aliphatic heterocycles. The fourth-order valence-electron chi connectivity index (χ4n) is 5.14. The van der Waals surface area contributed by atoms with Crippen LogP contribution in [-0.2, 0) is 6.54 Å². The van der Waals surface area contributed by atoms with Gasteiger partial charge in [-0.05, 0) is 42.5 Å². The Bertz CT molecular complexity index is 2020. The molecule has 0 fully saturated rings. The van der Waals surface area contributed by atoms with Crippen molar-refractivity contribution in [2.75, 3.05) is 5.32 Å². The Labute approximate surface area is 220 Å². The van der Waals surface area contributed by atoms with Crippen LogP contribution in [0.25, 0.3) is 49.9 Å². The smallest absolute Gasteiger partial charge is 0.250 e. The van der Waals surface area contributed by atoms with Gasteiger partial charge in [0, 0.05) is 33.8 Å². The van der Waals surface area contributed by atoms with Gasteiger partial charge in [0.1, 0.15) is 17.9 Å². The number of oxazole rings is 1. The molecule has 0 aliphatic rings. The monoisotopic (exact) mass is 516 g/mol. The quantitative estimate of drug-likeness (QED) is 0.245. The van der Waals surface area contributed by atoms with Crippen molar-refractivity contribution < 1.29 is 13.6 Å². The second kappa shape index (κ2) is 8.84. The van der Waals surface area contributed by atoms with Gasteiger partial charge in [-0.2, -0.15) is 0 Å². The molecule has 190 valence electrons. The van der Waals surface area contributed by atoms with E-state index in [2.05, 4.69) is 32.0 Å². The van der Waals surface area contributed by atoms with Gasteiger partial charge >= 0.3 is 0 Å². The van der Waals surface area contributed by atoms with Gasteiger partial charge in [0.25, 0.3) is 5.91 Å². The third-order valence-corrected chi connectivity index (χ3v) is 6.87. The molecule has 3 heterocycles. The molecule has 4 aromatic carbocycles. The van der Waals surface area contributed by atoms with Gasteiger partial charge in [-0.15, -0.1) is 0 Å². The molecule has 7 rings (SSSR count). The molecule has 0 bridgehead atoms. The number of nitrogens with one attached hydrogen (secondary N) is 2. The van der Waals surface area contributed by atoms with Crippen molar-refractivity contribution in [3.8, 4) is 17.1 Å². The van der Waals surface area contributed by atoms with Crippen LogP contribution in [0.5, 0.6) is 0 Å². The number of imidazole rings is 1. The lowest BCUT2D eigenvalue weighted by molar-refractivity contribution is 0.100. The SMILES string of the molecule is NC(=O)c1ccc(-n2c3ccccc3c3c(-c4nc5cc(F)ccc5[nH]4)cccc32)cc1NCc1cocn1. The van der Waals surface area contributed by atoms with Crippen LogP contribution in [0, 0.1) is 5.82 Å². The van der Waals surface area contributed by atoms with E-state index in [-0.39, 0.29) is 5.82 Å². The number of benzene rings is 4. The summed E-state index contributed by atoms with van der Waals surface area (Å²) in [7, 11) is 0. The van der Waals surface area contributed by atoms with E-state index in [1.807, 2.05) is 42.5 Å². The molecule has 7 aromatic rings. The minimum atomic E-state index is -0.532. The zero-order valence-electron chi connectivity index (χ0n) is 20.5. The number of hydrogen-bond donors (Lipinski definition) is 3. The number of hydrogen-bond acceptors (Lipinski definition) is 5. The van der Waals surface area contributed by atoms with Gasteiger partial charge in [-0.1, -0.05) is 30.3 Å². The number of primary amides is 1. The number of aromatic amines is 1. The van der Waals surface area contributed by atoms with Crippen LogP contribution in [-0.4, -0.2) is 25.4 Å². The number of amides is 1. The summed E-state index contributed by atoms with van der Waals surface area (Å²) in [5, 5.41) is 5.31. The number of anilines is 1. The molecular weight excluding hydrogens is 495 g/mol. The lowest BCUT2D eigenvalue weighted by Crippen LogP contribution is -2.15. The fourth-order valence-corrected chi connectivity index (χ4v) is 5.14. The first kappa shape index (κ1) is 22.7. The number of para-hydroxylation sites is 1. The summed E-state index contributed by atoms with van der Waals surface area (Å²) in [5.74, 6) is -0.207. The van der Waals surface area contributed by atoms with Crippen molar-refractivity contribution >= 4 is 44.4 Å². The van der Waals surface area contributed by atoms with E-state index in [4.69, 9.17) is 15.1 Å². The Kier molecular flexibility index (Phi) is 5.15. The number of rotatable bonds is 6. The first-order valence-corrected chi connectivity index (χ1v) is 12.3. The molecule has 9 heteroatoms. The summed E-state index contributed by atoms with van der Waals surface area (Å²) in [5.41, 5.74) is 12.4. The first-order valence-electron chi connectivity index (χ1n) is 12.3. The Balaban J connectivity index is 1.43. The summed E-state index contributed by atoms with van der Waals surface area (Å²) in [4.78, 5) is 24.4.